The predicted octanol–water partition coefficient (Wildman–Crippen LogP) is 1.97. The number of anilines is 1. The molecule has 0 radical (unpaired) electrons. The summed E-state index contributed by atoms with van der Waals surface area (Å²) in [4.78, 5) is 29.1. The highest BCUT2D eigenvalue weighted by atomic mass is 32.2. The second kappa shape index (κ2) is 8.03. The van der Waals surface area contributed by atoms with Crippen LogP contribution in [0.1, 0.15) is 18.4 Å². The summed E-state index contributed by atoms with van der Waals surface area (Å²) >= 11 is 1.90. The molecule has 1 aromatic carbocycles. The lowest BCUT2D eigenvalue weighted by molar-refractivity contribution is -0.136. The van der Waals surface area contributed by atoms with Crippen molar-refractivity contribution in [2.45, 2.75) is 25.8 Å². The van der Waals surface area contributed by atoms with Crippen molar-refractivity contribution in [1.82, 2.24) is 9.80 Å². The number of nitrogens with zero attached hydrogens (tertiary/aromatic N) is 2. The van der Waals surface area contributed by atoms with E-state index in [0.717, 1.165) is 55.2 Å². The number of likely N-dealkylation sites (tertiary alicyclic amines) is 1. The number of carbonyl (C=O) groups excluding carboxylic acids is 2. The Morgan fingerprint density at radius 2 is 1.88 bits per heavy atom. The van der Waals surface area contributed by atoms with Gasteiger partial charge in [-0.25, -0.2) is 0 Å². The maximum Gasteiger partial charge on any atom is 0.239 e. The number of aryl methyl sites for hydroxylation is 1. The fraction of sp³-hybridized carbons (Fsp3) is 0.556. The van der Waals surface area contributed by atoms with Crippen LogP contribution in [0.25, 0.3) is 0 Å². The minimum atomic E-state index is -0.128. The molecule has 0 aliphatic carbocycles. The third-order valence-electron chi connectivity index (χ3n) is 4.65. The lowest BCUT2D eigenvalue weighted by Gasteiger charge is -2.32. The van der Waals surface area contributed by atoms with Crippen LogP contribution in [0.5, 0.6) is 0 Å². The number of nitrogens with one attached hydrogen (secondary N) is 1. The smallest absolute Gasteiger partial charge is 0.239 e. The summed E-state index contributed by atoms with van der Waals surface area (Å²) in [6, 6.07) is 7.64. The number of rotatable bonds is 4. The average Bonchev–Trinajstić information content (AvgIpc) is 3.05. The molecule has 2 aliphatic rings. The van der Waals surface area contributed by atoms with Gasteiger partial charge < -0.3 is 10.2 Å². The van der Waals surface area contributed by atoms with Gasteiger partial charge in [0.05, 0.1) is 12.6 Å². The molecular weight excluding hydrogens is 322 g/mol. The summed E-state index contributed by atoms with van der Waals surface area (Å²) in [7, 11) is 0. The number of hydrogen-bond donors (Lipinski definition) is 1. The van der Waals surface area contributed by atoms with Gasteiger partial charge in [0, 0.05) is 30.3 Å². The molecular formula is C18H25N3O2S. The van der Waals surface area contributed by atoms with Crippen LogP contribution in [0.3, 0.4) is 0 Å². The highest BCUT2D eigenvalue weighted by Crippen LogP contribution is 2.21. The Balaban J connectivity index is 1.55. The SMILES string of the molecule is Cc1ccc(NC(=O)CN2CCC[C@H]2C(=O)N2CCSCC2)cc1. The third kappa shape index (κ3) is 4.30. The second-order valence-corrected chi connectivity index (χ2v) is 7.71. The van der Waals surface area contributed by atoms with Crippen molar-refractivity contribution in [2.24, 2.45) is 0 Å². The minimum absolute atomic E-state index is 0.0484. The van der Waals surface area contributed by atoms with Crippen molar-refractivity contribution < 1.29 is 9.59 Å². The van der Waals surface area contributed by atoms with Crippen LogP contribution in [-0.4, -0.2) is 65.3 Å². The zero-order valence-corrected chi connectivity index (χ0v) is 15.0. The topological polar surface area (TPSA) is 52.7 Å². The highest BCUT2D eigenvalue weighted by molar-refractivity contribution is 7.99. The number of benzene rings is 1. The molecule has 2 saturated heterocycles. The van der Waals surface area contributed by atoms with Crippen molar-refractivity contribution in [3.63, 3.8) is 0 Å². The molecule has 1 aromatic rings. The van der Waals surface area contributed by atoms with Crippen molar-refractivity contribution in [1.29, 1.82) is 0 Å². The number of carbonyl (C=O) groups is 2. The molecule has 0 aromatic heterocycles. The Morgan fingerprint density at radius 1 is 1.17 bits per heavy atom. The zero-order valence-electron chi connectivity index (χ0n) is 14.2. The van der Waals surface area contributed by atoms with Crippen LogP contribution in [0.15, 0.2) is 24.3 Å². The van der Waals surface area contributed by atoms with E-state index in [-0.39, 0.29) is 24.4 Å². The van der Waals surface area contributed by atoms with Gasteiger partial charge in [0.25, 0.3) is 0 Å². The summed E-state index contributed by atoms with van der Waals surface area (Å²) in [5, 5.41) is 2.93. The van der Waals surface area contributed by atoms with Gasteiger partial charge in [-0.2, -0.15) is 11.8 Å². The van der Waals surface area contributed by atoms with Crippen LogP contribution >= 0.6 is 11.8 Å². The number of amides is 2. The van der Waals surface area contributed by atoms with E-state index in [9.17, 15) is 9.59 Å². The quantitative estimate of drug-likeness (QED) is 0.905. The molecule has 24 heavy (non-hydrogen) atoms. The lowest BCUT2D eigenvalue weighted by Crippen LogP contribution is -2.49. The molecule has 2 aliphatic heterocycles. The van der Waals surface area contributed by atoms with E-state index in [1.54, 1.807) is 0 Å². The Hall–Kier alpha value is -1.53. The van der Waals surface area contributed by atoms with E-state index in [4.69, 9.17) is 0 Å². The largest absolute Gasteiger partial charge is 0.340 e. The van der Waals surface area contributed by atoms with E-state index in [1.165, 1.54) is 0 Å². The Morgan fingerprint density at radius 3 is 2.58 bits per heavy atom. The van der Waals surface area contributed by atoms with E-state index >= 15 is 0 Å². The molecule has 6 heteroatoms. The first-order valence-electron chi connectivity index (χ1n) is 8.60. The first kappa shape index (κ1) is 17.3. The molecule has 2 amide bonds. The Kier molecular flexibility index (Phi) is 5.79. The Labute approximate surface area is 147 Å². The molecule has 0 saturated carbocycles. The molecule has 2 heterocycles. The van der Waals surface area contributed by atoms with Crippen LogP contribution in [0.4, 0.5) is 5.69 Å². The highest BCUT2D eigenvalue weighted by Gasteiger charge is 2.34. The number of hydrogen-bond acceptors (Lipinski definition) is 4. The van der Waals surface area contributed by atoms with Crippen molar-refractivity contribution in [2.75, 3.05) is 43.0 Å². The molecule has 5 nitrogen and oxygen atoms in total. The van der Waals surface area contributed by atoms with Gasteiger partial charge in [0.2, 0.25) is 11.8 Å². The van der Waals surface area contributed by atoms with Gasteiger partial charge in [-0.3, -0.25) is 14.5 Å². The van der Waals surface area contributed by atoms with E-state index < -0.39 is 0 Å². The molecule has 2 fully saturated rings. The van der Waals surface area contributed by atoms with Gasteiger partial charge >= 0.3 is 0 Å². The van der Waals surface area contributed by atoms with Crippen molar-refractivity contribution in [3.8, 4) is 0 Å². The van der Waals surface area contributed by atoms with Gasteiger partial charge in [-0.15, -0.1) is 0 Å². The maximum atomic E-state index is 12.7. The first-order valence-corrected chi connectivity index (χ1v) is 9.76. The maximum absolute atomic E-state index is 12.7. The summed E-state index contributed by atoms with van der Waals surface area (Å²) in [5.41, 5.74) is 1.97. The molecule has 0 spiro atoms. The van der Waals surface area contributed by atoms with Crippen LogP contribution in [0, 0.1) is 6.92 Å². The van der Waals surface area contributed by atoms with Crippen molar-refractivity contribution in [3.05, 3.63) is 29.8 Å². The van der Waals surface area contributed by atoms with Crippen LogP contribution in [0.2, 0.25) is 0 Å². The normalized spacial score (nSPS) is 21.7. The molecule has 1 atom stereocenters. The van der Waals surface area contributed by atoms with Gasteiger partial charge in [-0.1, -0.05) is 17.7 Å². The fourth-order valence-electron chi connectivity index (χ4n) is 3.31. The summed E-state index contributed by atoms with van der Waals surface area (Å²) < 4.78 is 0. The molecule has 1 N–H and O–H groups in total. The van der Waals surface area contributed by atoms with E-state index in [0.29, 0.717) is 0 Å². The average molecular weight is 347 g/mol. The first-order chi connectivity index (χ1) is 11.6. The second-order valence-electron chi connectivity index (χ2n) is 6.48. The van der Waals surface area contributed by atoms with E-state index in [2.05, 4.69) is 5.32 Å². The standard InChI is InChI=1S/C18H25N3O2S/c1-14-4-6-15(7-5-14)19-17(22)13-21-8-2-3-16(21)18(23)20-9-11-24-12-10-20/h4-7,16H,2-3,8-13H2,1H3,(H,19,22)/t16-/m0/s1. The van der Waals surface area contributed by atoms with Crippen LogP contribution in [-0.2, 0) is 9.59 Å². The minimum Gasteiger partial charge on any atom is -0.340 e. The monoisotopic (exact) mass is 347 g/mol. The summed E-state index contributed by atoms with van der Waals surface area (Å²) in [6.45, 7) is 4.80. The lowest BCUT2D eigenvalue weighted by atomic mass is 10.2. The predicted molar refractivity (Wildman–Crippen MR) is 98.3 cm³/mol. The van der Waals surface area contributed by atoms with Gasteiger partial charge in [0.15, 0.2) is 0 Å². The van der Waals surface area contributed by atoms with Gasteiger partial charge in [-0.05, 0) is 38.4 Å². The third-order valence-corrected chi connectivity index (χ3v) is 5.60. The van der Waals surface area contributed by atoms with Crippen LogP contribution < -0.4 is 5.32 Å². The van der Waals surface area contributed by atoms with Gasteiger partial charge in [0.1, 0.15) is 0 Å². The molecule has 3 rings (SSSR count). The fourth-order valence-corrected chi connectivity index (χ4v) is 4.21. The van der Waals surface area contributed by atoms with Crippen molar-refractivity contribution >= 4 is 29.3 Å². The number of thioether (sulfide) groups is 1. The summed E-state index contributed by atoms with van der Waals surface area (Å²) in [6.07, 6.45) is 1.84. The zero-order chi connectivity index (χ0) is 16.9. The summed E-state index contributed by atoms with van der Waals surface area (Å²) in [5.74, 6) is 2.20. The molecule has 130 valence electrons. The molecule has 0 unspecified atom stereocenters. The molecule has 0 bridgehead atoms. The Bertz CT molecular complexity index is 584. The van der Waals surface area contributed by atoms with E-state index in [1.807, 2.05) is 52.8 Å².